The van der Waals surface area contributed by atoms with Crippen LogP contribution >= 0.6 is 0 Å². The van der Waals surface area contributed by atoms with Crippen molar-refractivity contribution in [1.29, 1.82) is 0 Å². The number of hydrogen-bond acceptors (Lipinski definition) is 6. The summed E-state index contributed by atoms with van der Waals surface area (Å²) in [5, 5.41) is 0.969. The molecule has 0 atom stereocenters. The molecule has 0 saturated carbocycles. The van der Waals surface area contributed by atoms with Crippen molar-refractivity contribution in [3.63, 3.8) is 0 Å². The van der Waals surface area contributed by atoms with Crippen LogP contribution in [0, 0.1) is 10.8 Å². The molecule has 2 N–H and O–H groups in total. The number of anilines is 1. The lowest BCUT2D eigenvalue weighted by molar-refractivity contribution is -0.155. The van der Waals surface area contributed by atoms with Crippen LogP contribution in [-0.2, 0) is 16.0 Å². The van der Waals surface area contributed by atoms with Crippen LogP contribution in [0.4, 0.5) is 5.82 Å². The topological polar surface area (TPSA) is 92.3 Å². The third-order valence-corrected chi connectivity index (χ3v) is 5.82. The van der Waals surface area contributed by atoms with Crippen molar-refractivity contribution in [3.05, 3.63) is 30.1 Å². The lowest BCUT2D eigenvalue weighted by Gasteiger charge is -2.30. The monoisotopic (exact) mass is 468 g/mol. The van der Waals surface area contributed by atoms with Crippen molar-refractivity contribution in [3.8, 4) is 0 Å². The van der Waals surface area contributed by atoms with Crippen LogP contribution in [0.25, 0.3) is 21.9 Å². The lowest BCUT2D eigenvalue weighted by Crippen LogP contribution is -2.31. The average molecular weight is 469 g/mol. The molecule has 7 heteroatoms. The number of nitrogens with two attached hydrogens (primary N) is 1. The van der Waals surface area contributed by atoms with E-state index in [1.807, 2.05) is 42.8 Å². The number of carbonyl (C=O) groups excluding carboxylic acids is 1. The highest BCUT2D eigenvalue weighted by Gasteiger charge is 2.33. The van der Waals surface area contributed by atoms with Crippen LogP contribution in [0.3, 0.4) is 0 Å². The number of esters is 1. The minimum atomic E-state index is -0.492. The van der Waals surface area contributed by atoms with Crippen molar-refractivity contribution in [2.24, 2.45) is 10.8 Å². The van der Waals surface area contributed by atoms with Gasteiger partial charge in [-0.15, -0.1) is 0 Å². The number of hydrogen-bond donors (Lipinski definition) is 1. The summed E-state index contributed by atoms with van der Waals surface area (Å²) >= 11 is 0. The first-order valence-electron chi connectivity index (χ1n) is 12.4. The number of nitrogens with zero attached hydrogens (tertiary/aromatic N) is 3. The van der Waals surface area contributed by atoms with Gasteiger partial charge in [0.05, 0.1) is 17.5 Å². The summed E-state index contributed by atoms with van der Waals surface area (Å²) in [5.41, 5.74) is 8.19. The smallest absolute Gasteiger partial charge is 0.311 e. The quantitative estimate of drug-likeness (QED) is 0.286. The zero-order valence-electron chi connectivity index (χ0n) is 21.6. The van der Waals surface area contributed by atoms with E-state index in [1.165, 1.54) is 0 Å². The van der Waals surface area contributed by atoms with Gasteiger partial charge in [-0.25, -0.2) is 9.97 Å². The normalized spacial score (nSPS) is 12.4. The predicted octanol–water partition coefficient (Wildman–Crippen LogP) is 5.72. The molecule has 3 aromatic rings. The fourth-order valence-electron chi connectivity index (χ4n) is 4.57. The van der Waals surface area contributed by atoms with Crippen molar-refractivity contribution in [1.82, 2.24) is 14.7 Å². The number of rotatable bonds is 11. The number of aryl methyl sites for hydroxylation is 1. The molecule has 2 aromatic heterocycles. The van der Waals surface area contributed by atoms with Gasteiger partial charge in [0.15, 0.2) is 5.82 Å². The molecule has 186 valence electrons. The minimum Gasteiger partial charge on any atom is -0.465 e. The molecule has 0 aliphatic carbocycles. The van der Waals surface area contributed by atoms with E-state index in [0.717, 1.165) is 60.8 Å². The highest BCUT2D eigenvalue weighted by Crippen LogP contribution is 2.34. The molecule has 0 saturated heterocycles. The first kappa shape index (κ1) is 25.8. The van der Waals surface area contributed by atoms with Gasteiger partial charge in [0.2, 0.25) is 0 Å². The molecule has 3 rings (SSSR count). The fourth-order valence-corrected chi connectivity index (χ4v) is 4.57. The number of para-hydroxylation sites is 1. The second kappa shape index (κ2) is 10.6. The molecule has 1 aromatic carbocycles. The second-order valence-electron chi connectivity index (χ2n) is 10.9. The van der Waals surface area contributed by atoms with Gasteiger partial charge < -0.3 is 15.3 Å². The molecule has 0 aliphatic rings. The molecule has 0 amide bonds. The van der Waals surface area contributed by atoms with Crippen molar-refractivity contribution < 1.29 is 14.4 Å². The summed E-state index contributed by atoms with van der Waals surface area (Å²) in [6.45, 7) is 13.4. The summed E-state index contributed by atoms with van der Waals surface area (Å²) in [7, 11) is 0. The largest absolute Gasteiger partial charge is 0.465 e. The van der Waals surface area contributed by atoms with Gasteiger partial charge in [-0.1, -0.05) is 52.3 Å². The number of ether oxygens (including phenoxy) is 1. The molecule has 0 radical (unpaired) electrons. The van der Waals surface area contributed by atoms with Crippen LogP contribution in [0.5, 0.6) is 0 Å². The maximum Gasteiger partial charge on any atom is 0.311 e. The van der Waals surface area contributed by atoms with Gasteiger partial charge >= 0.3 is 5.97 Å². The standard InChI is InChI=1S/C27H40N4O3/c1-7-8-15-21-30-22-23(19-13-9-10-14-20(19)29-24(22)28)31(21)34-17-12-11-16-33-25(32)27(5,6)18-26(2,3)4/h9-10,13-14H,7-8,11-12,15-18H2,1-6H3,(H2,28,29). The van der Waals surface area contributed by atoms with E-state index < -0.39 is 5.41 Å². The molecule has 0 spiro atoms. The fraction of sp³-hybridized carbons (Fsp3) is 0.593. The van der Waals surface area contributed by atoms with Crippen LogP contribution in [0.1, 0.15) is 79.5 Å². The van der Waals surface area contributed by atoms with Gasteiger partial charge in [-0.3, -0.25) is 4.79 Å². The van der Waals surface area contributed by atoms with E-state index in [2.05, 4.69) is 32.7 Å². The molecular weight excluding hydrogens is 428 g/mol. The highest BCUT2D eigenvalue weighted by molar-refractivity contribution is 6.06. The Labute approximate surface area is 203 Å². The molecule has 0 fully saturated rings. The van der Waals surface area contributed by atoms with E-state index in [4.69, 9.17) is 20.3 Å². The first-order chi connectivity index (χ1) is 16.0. The predicted molar refractivity (Wildman–Crippen MR) is 138 cm³/mol. The summed E-state index contributed by atoms with van der Waals surface area (Å²) in [5.74, 6) is 1.14. The SMILES string of the molecule is CCCCc1nc2c(N)nc3ccccc3c2n1OCCCCOC(=O)C(C)(C)CC(C)(C)C. The van der Waals surface area contributed by atoms with Crippen LogP contribution in [-0.4, -0.2) is 33.9 Å². The minimum absolute atomic E-state index is 0.0719. The molecule has 0 bridgehead atoms. The Morgan fingerprint density at radius 2 is 1.74 bits per heavy atom. The van der Waals surface area contributed by atoms with E-state index in [9.17, 15) is 4.79 Å². The number of pyridine rings is 1. The van der Waals surface area contributed by atoms with Crippen molar-refractivity contribution in [2.45, 2.75) is 80.1 Å². The van der Waals surface area contributed by atoms with Crippen LogP contribution in [0.2, 0.25) is 0 Å². The Kier molecular flexibility index (Phi) is 8.05. The molecule has 0 aliphatic heterocycles. The number of aromatic nitrogens is 3. The third-order valence-electron chi connectivity index (χ3n) is 5.82. The number of carbonyl (C=O) groups is 1. The van der Waals surface area contributed by atoms with Crippen LogP contribution < -0.4 is 10.6 Å². The third kappa shape index (κ3) is 6.19. The average Bonchev–Trinajstić information content (AvgIpc) is 3.12. The zero-order valence-corrected chi connectivity index (χ0v) is 21.6. The Bertz CT molecular complexity index is 1130. The number of fused-ring (bicyclic) bond motifs is 3. The van der Waals surface area contributed by atoms with Crippen LogP contribution in [0.15, 0.2) is 24.3 Å². The van der Waals surface area contributed by atoms with Crippen molar-refractivity contribution in [2.75, 3.05) is 18.9 Å². The van der Waals surface area contributed by atoms with Gasteiger partial charge in [0.25, 0.3) is 0 Å². The summed E-state index contributed by atoms with van der Waals surface area (Å²) in [4.78, 5) is 28.0. The van der Waals surface area contributed by atoms with Gasteiger partial charge in [-0.2, -0.15) is 4.73 Å². The Morgan fingerprint density at radius 3 is 2.44 bits per heavy atom. The second-order valence-corrected chi connectivity index (χ2v) is 10.9. The summed E-state index contributed by atoms with van der Waals surface area (Å²) < 4.78 is 7.41. The van der Waals surface area contributed by atoms with E-state index >= 15 is 0 Å². The van der Waals surface area contributed by atoms with E-state index in [0.29, 0.717) is 24.5 Å². The van der Waals surface area contributed by atoms with Gasteiger partial charge in [-0.05, 0) is 51.0 Å². The highest BCUT2D eigenvalue weighted by atomic mass is 16.7. The number of benzene rings is 1. The van der Waals surface area contributed by atoms with E-state index in [-0.39, 0.29) is 11.4 Å². The Balaban J connectivity index is 1.65. The Morgan fingerprint density at radius 1 is 1.03 bits per heavy atom. The van der Waals surface area contributed by atoms with Gasteiger partial charge in [0, 0.05) is 11.8 Å². The lowest BCUT2D eigenvalue weighted by atomic mass is 9.76. The molecule has 7 nitrogen and oxygen atoms in total. The maximum atomic E-state index is 12.5. The molecular formula is C27H40N4O3. The number of nitrogen functional groups attached to an aromatic ring is 1. The number of unbranched alkanes of at least 4 members (excludes halogenated alkanes) is 2. The molecule has 0 unspecified atom stereocenters. The van der Waals surface area contributed by atoms with Crippen molar-refractivity contribution >= 4 is 33.7 Å². The summed E-state index contributed by atoms with van der Waals surface area (Å²) in [6.07, 6.45) is 5.16. The number of imidazole rings is 1. The molecule has 34 heavy (non-hydrogen) atoms. The Hall–Kier alpha value is -2.83. The van der Waals surface area contributed by atoms with E-state index in [1.54, 1.807) is 0 Å². The first-order valence-corrected chi connectivity index (χ1v) is 12.4. The summed E-state index contributed by atoms with van der Waals surface area (Å²) in [6, 6.07) is 7.90. The molecule has 2 heterocycles. The van der Waals surface area contributed by atoms with Gasteiger partial charge in [0.1, 0.15) is 23.5 Å². The zero-order chi connectivity index (χ0) is 24.9. The maximum absolute atomic E-state index is 12.5.